The van der Waals surface area contributed by atoms with E-state index in [1.165, 1.54) is 34.6 Å². The lowest BCUT2D eigenvalue weighted by atomic mass is 10.1. The van der Waals surface area contributed by atoms with Crippen molar-refractivity contribution in [2.75, 3.05) is 20.9 Å². The van der Waals surface area contributed by atoms with Crippen molar-refractivity contribution in [1.82, 2.24) is 0 Å². The number of nitrogens with one attached hydrogen (secondary N) is 2. The molecular formula is C27H22F3N3O5S2. The Balaban J connectivity index is 1.19. The summed E-state index contributed by atoms with van der Waals surface area (Å²) in [6.07, 6.45) is -4.37. The molecule has 8 nitrogen and oxygen atoms in total. The monoisotopic (exact) mass is 589 g/mol. The Labute approximate surface area is 228 Å². The van der Waals surface area contributed by atoms with Crippen LogP contribution in [0.2, 0.25) is 0 Å². The van der Waals surface area contributed by atoms with Crippen molar-refractivity contribution in [2.45, 2.75) is 28.8 Å². The lowest BCUT2D eigenvalue weighted by Crippen LogP contribution is -2.28. The van der Waals surface area contributed by atoms with Crippen LogP contribution < -0.4 is 14.3 Å². The number of amides is 1. The van der Waals surface area contributed by atoms with E-state index in [0.717, 1.165) is 17.5 Å². The molecule has 0 bridgehead atoms. The van der Waals surface area contributed by atoms with E-state index in [1.54, 1.807) is 24.3 Å². The highest BCUT2D eigenvalue weighted by molar-refractivity contribution is 7.93. The summed E-state index contributed by atoms with van der Waals surface area (Å²) in [6, 6.07) is 19.4. The lowest BCUT2D eigenvalue weighted by Gasteiger charge is -2.18. The van der Waals surface area contributed by atoms with Crippen molar-refractivity contribution < 1.29 is 34.8 Å². The Morgan fingerprint density at radius 2 is 1.55 bits per heavy atom. The summed E-state index contributed by atoms with van der Waals surface area (Å²) in [5.41, 5.74) is -0.362. The fourth-order valence-corrected chi connectivity index (χ4v) is 7.29. The van der Waals surface area contributed by atoms with Crippen molar-refractivity contribution in [3.63, 3.8) is 0 Å². The molecule has 5 rings (SSSR count). The molecule has 2 N–H and O–H groups in total. The van der Waals surface area contributed by atoms with Gasteiger partial charge in [0.25, 0.3) is 20.0 Å². The average Bonchev–Trinajstić information content (AvgIpc) is 3.11. The molecular weight excluding hydrogens is 567 g/mol. The molecule has 208 valence electrons. The summed E-state index contributed by atoms with van der Waals surface area (Å²) in [5, 5.41) is 4.10. The molecule has 0 radical (unpaired) electrons. The number of hydrogen-bond acceptors (Lipinski definition) is 5. The first-order chi connectivity index (χ1) is 18.9. The first kappa shape index (κ1) is 27.5. The van der Waals surface area contributed by atoms with E-state index in [4.69, 9.17) is 0 Å². The SMILES string of the molecule is O=C(CCCN1c2cccc3cccc(c23)S1(=O)=O)Nc1ccc(S(=O)(=O)Nc2cccc(C(F)(F)F)c2)cc1. The maximum absolute atomic E-state index is 13.0. The molecule has 1 heterocycles. The summed E-state index contributed by atoms with van der Waals surface area (Å²) in [5.74, 6) is -0.398. The molecule has 1 amide bonds. The van der Waals surface area contributed by atoms with Crippen LogP contribution in [-0.4, -0.2) is 29.3 Å². The molecule has 0 saturated carbocycles. The number of anilines is 3. The molecule has 40 heavy (non-hydrogen) atoms. The minimum atomic E-state index is -4.62. The molecule has 13 heteroatoms. The van der Waals surface area contributed by atoms with E-state index in [9.17, 15) is 34.8 Å². The first-order valence-corrected chi connectivity index (χ1v) is 14.9. The maximum atomic E-state index is 13.0. The van der Waals surface area contributed by atoms with E-state index in [-0.39, 0.29) is 34.9 Å². The molecule has 1 aliphatic heterocycles. The van der Waals surface area contributed by atoms with Crippen LogP contribution in [0.3, 0.4) is 0 Å². The normalized spacial score (nSPS) is 14.3. The number of halogens is 3. The van der Waals surface area contributed by atoms with Crippen LogP contribution in [0.25, 0.3) is 10.8 Å². The Morgan fingerprint density at radius 1 is 0.875 bits per heavy atom. The van der Waals surface area contributed by atoms with Crippen LogP contribution >= 0.6 is 0 Å². The number of benzene rings is 4. The van der Waals surface area contributed by atoms with Crippen LogP contribution in [0.5, 0.6) is 0 Å². The predicted octanol–water partition coefficient (Wildman–Crippen LogP) is 5.59. The zero-order valence-corrected chi connectivity index (χ0v) is 22.3. The second kappa shape index (κ2) is 10.1. The second-order valence-corrected chi connectivity index (χ2v) is 12.6. The number of carbonyl (C=O) groups is 1. The third-order valence-electron chi connectivity index (χ3n) is 6.34. The average molecular weight is 590 g/mol. The third-order valence-corrected chi connectivity index (χ3v) is 9.59. The van der Waals surface area contributed by atoms with Crippen LogP contribution in [0.4, 0.5) is 30.2 Å². The number of sulfonamides is 2. The number of nitrogens with zero attached hydrogens (tertiary/aromatic N) is 1. The molecule has 4 aromatic rings. The van der Waals surface area contributed by atoms with Gasteiger partial charge in [-0.25, -0.2) is 16.8 Å². The summed E-state index contributed by atoms with van der Waals surface area (Å²) >= 11 is 0. The molecule has 0 aromatic heterocycles. The summed E-state index contributed by atoms with van der Waals surface area (Å²) in [4.78, 5) is 12.5. The predicted molar refractivity (Wildman–Crippen MR) is 145 cm³/mol. The zero-order chi connectivity index (χ0) is 28.7. The zero-order valence-electron chi connectivity index (χ0n) is 20.6. The van der Waals surface area contributed by atoms with Crippen molar-refractivity contribution in [3.8, 4) is 0 Å². The minimum absolute atomic E-state index is 0.00942. The van der Waals surface area contributed by atoms with Gasteiger partial charge in [-0.05, 0) is 66.4 Å². The maximum Gasteiger partial charge on any atom is 0.416 e. The highest BCUT2D eigenvalue weighted by Crippen LogP contribution is 2.42. The smallest absolute Gasteiger partial charge is 0.326 e. The first-order valence-electron chi connectivity index (χ1n) is 12.0. The van der Waals surface area contributed by atoms with Crippen LogP contribution in [0, 0.1) is 0 Å². The van der Waals surface area contributed by atoms with Crippen molar-refractivity contribution in [2.24, 2.45) is 0 Å². The highest BCUT2D eigenvalue weighted by atomic mass is 32.2. The third kappa shape index (κ3) is 5.34. The molecule has 0 atom stereocenters. The van der Waals surface area contributed by atoms with Gasteiger partial charge in [-0.15, -0.1) is 0 Å². The molecule has 0 aliphatic carbocycles. The van der Waals surface area contributed by atoms with E-state index in [1.807, 2.05) is 12.1 Å². The van der Waals surface area contributed by atoms with Gasteiger partial charge in [0.15, 0.2) is 0 Å². The fourth-order valence-electron chi connectivity index (χ4n) is 4.50. The van der Waals surface area contributed by atoms with Gasteiger partial charge in [-0.3, -0.25) is 13.8 Å². The quantitative estimate of drug-likeness (QED) is 0.278. The van der Waals surface area contributed by atoms with Gasteiger partial charge in [-0.2, -0.15) is 13.2 Å². The number of carbonyl (C=O) groups excluding carboxylic acids is 1. The molecule has 4 aromatic carbocycles. The Hall–Kier alpha value is -4.10. The summed E-state index contributed by atoms with van der Waals surface area (Å²) < 4.78 is 93.5. The van der Waals surface area contributed by atoms with Gasteiger partial charge in [0.05, 0.1) is 21.0 Å². The Bertz CT molecular complexity index is 1820. The second-order valence-electron chi connectivity index (χ2n) is 9.07. The molecule has 0 unspecified atom stereocenters. The van der Waals surface area contributed by atoms with Gasteiger partial charge in [0.2, 0.25) is 5.91 Å². The van der Waals surface area contributed by atoms with Crippen LogP contribution in [0.1, 0.15) is 18.4 Å². The number of alkyl halides is 3. The summed E-state index contributed by atoms with van der Waals surface area (Å²) in [7, 11) is -7.91. The number of hydrogen-bond donors (Lipinski definition) is 2. The minimum Gasteiger partial charge on any atom is -0.326 e. The topological polar surface area (TPSA) is 113 Å². The van der Waals surface area contributed by atoms with Crippen molar-refractivity contribution in [1.29, 1.82) is 0 Å². The van der Waals surface area contributed by atoms with Gasteiger partial charge in [0, 0.05) is 29.7 Å². The molecule has 0 spiro atoms. The van der Waals surface area contributed by atoms with Gasteiger partial charge in [-0.1, -0.05) is 30.3 Å². The van der Waals surface area contributed by atoms with E-state index in [2.05, 4.69) is 10.0 Å². The van der Waals surface area contributed by atoms with Gasteiger partial charge < -0.3 is 5.32 Å². The standard InChI is InChI=1S/C27H22F3N3O5S2/c28-27(29,30)19-7-3-8-21(17-19)32-39(35,36)22-14-12-20(13-15-22)31-25(34)11-4-16-33-23-9-1-5-18-6-2-10-24(26(18)23)40(33,37)38/h1-3,5-10,12-15,17,32H,4,11,16H2,(H,31,34). The van der Waals surface area contributed by atoms with Gasteiger partial charge in [0.1, 0.15) is 0 Å². The fraction of sp³-hybridized carbons (Fsp3) is 0.148. The highest BCUT2D eigenvalue weighted by Gasteiger charge is 2.35. The van der Waals surface area contributed by atoms with E-state index in [0.29, 0.717) is 22.8 Å². The van der Waals surface area contributed by atoms with E-state index >= 15 is 0 Å². The van der Waals surface area contributed by atoms with Gasteiger partial charge >= 0.3 is 6.18 Å². The van der Waals surface area contributed by atoms with Crippen LogP contribution in [-0.2, 0) is 31.0 Å². The molecule has 0 saturated heterocycles. The Kier molecular flexibility index (Phi) is 6.96. The summed E-state index contributed by atoms with van der Waals surface area (Å²) in [6.45, 7) is 0.0991. The number of rotatable bonds is 8. The van der Waals surface area contributed by atoms with Crippen molar-refractivity contribution in [3.05, 3.63) is 90.5 Å². The van der Waals surface area contributed by atoms with Crippen LogP contribution in [0.15, 0.2) is 94.7 Å². The van der Waals surface area contributed by atoms with Crippen molar-refractivity contribution >= 4 is 53.8 Å². The molecule has 1 aliphatic rings. The molecule has 0 fully saturated rings. The Morgan fingerprint density at radius 3 is 2.25 bits per heavy atom. The lowest BCUT2D eigenvalue weighted by molar-refractivity contribution is -0.137. The van der Waals surface area contributed by atoms with E-state index < -0.39 is 37.7 Å². The largest absolute Gasteiger partial charge is 0.416 e.